The molecule has 1 heterocycles. The number of furan rings is 1. The van der Waals surface area contributed by atoms with Gasteiger partial charge in [-0.25, -0.2) is 0 Å². The molecule has 0 saturated heterocycles. The minimum Gasteiger partial charge on any atom is -0.456 e. The second-order valence-corrected chi connectivity index (χ2v) is 5.43. The van der Waals surface area contributed by atoms with Gasteiger partial charge in [0.2, 0.25) is 0 Å². The molecule has 1 aromatic carbocycles. The van der Waals surface area contributed by atoms with E-state index in [1.165, 1.54) is 18.4 Å². The molecule has 0 spiro atoms. The molecular weight excluding hydrogens is 264 g/mol. The molecule has 0 bridgehead atoms. The van der Waals surface area contributed by atoms with Crippen molar-refractivity contribution < 1.29 is 9.21 Å². The van der Waals surface area contributed by atoms with Gasteiger partial charge < -0.3 is 15.1 Å². The standard InChI is InChI=1S/C17H20N2O2/c1-2-15-8-9-16(21-15)17(20)19-14-5-3-4-12(10-14)11-18-13-6-7-13/h3-5,8-10,13,18H,2,6-7,11H2,1H3,(H,19,20). The summed E-state index contributed by atoms with van der Waals surface area (Å²) in [4.78, 5) is 12.1. The summed E-state index contributed by atoms with van der Waals surface area (Å²) in [5, 5.41) is 6.34. The van der Waals surface area contributed by atoms with Crippen LogP contribution in [-0.2, 0) is 13.0 Å². The second-order valence-electron chi connectivity index (χ2n) is 5.43. The van der Waals surface area contributed by atoms with Crippen molar-refractivity contribution in [3.63, 3.8) is 0 Å². The van der Waals surface area contributed by atoms with Crippen molar-refractivity contribution in [3.05, 3.63) is 53.5 Å². The molecule has 21 heavy (non-hydrogen) atoms. The lowest BCUT2D eigenvalue weighted by atomic mass is 10.2. The average Bonchev–Trinajstić information content (AvgIpc) is 3.20. The number of carbonyl (C=O) groups excluding carboxylic acids is 1. The van der Waals surface area contributed by atoms with E-state index < -0.39 is 0 Å². The first kappa shape index (κ1) is 13.9. The van der Waals surface area contributed by atoms with E-state index in [4.69, 9.17) is 4.42 Å². The predicted octanol–water partition coefficient (Wildman–Crippen LogP) is 3.35. The van der Waals surface area contributed by atoms with Crippen LogP contribution in [0.2, 0.25) is 0 Å². The molecule has 0 unspecified atom stereocenters. The minimum absolute atomic E-state index is 0.206. The molecule has 4 heteroatoms. The monoisotopic (exact) mass is 284 g/mol. The Kier molecular flexibility index (Phi) is 4.06. The first-order valence-electron chi connectivity index (χ1n) is 7.47. The lowest BCUT2D eigenvalue weighted by Crippen LogP contribution is -2.16. The fourth-order valence-electron chi connectivity index (χ4n) is 2.19. The number of hydrogen-bond donors (Lipinski definition) is 2. The average molecular weight is 284 g/mol. The summed E-state index contributed by atoms with van der Waals surface area (Å²) in [5.74, 6) is 0.970. The van der Waals surface area contributed by atoms with E-state index >= 15 is 0 Å². The zero-order chi connectivity index (χ0) is 14.7. The van der Waals surface area contributed by atoms with Crippen LogP contribution in [0.1, 0.15) is 41.6 Å². The molecule has 3 rings (SSSR count). The number of rotatable bonds is 6. The lowest BCUT2D eigenvalue weighted by Gasteiger charge is -2.07. The summed E-state index contributed by atoms with van der Waals surface area (Å²) in [6.45, 7) is 2.84. The number of anilines is 1. The Morgan fingerprint density at radius 3 is 2.86 bits per heavy atom. The number of hydrogen-bond acceptors (Lipinski definition) is 3. The van der Waals surface area contributed by atoms with Crippen LogP contribution in [0.25, 0.3) is 0 Å². The molecule has 0 radical (unpaired) electrons. The highest BCUT2D eigenvalue weighted by molar-refractivity contribution is 6.02. The van der Waals surface area contributed by atoms with Gasteiger partial charge in [-0.2, -0.15) is 0 Å². The zero-order valence-electron chi connectivity index (χ0n) is 12.2. The zero-order valence-corrected chi connectivity index (χ0v) is 12.2. The molecule has 1 aliphatic carbocycles. The van der Waals surface area contributed by atoms with Gasteiger partial charge in [0.05, 0.1) is 0 Å². The highest BCUT2D eigenvalue weighted by Gasteiger charge is 2.20. The normalized spacial score (nSPS) is 14.1. The summed E-state index contributed by atoms with van der Waals surface area (Å²) in [6, 6.07) is 12.1. The highest BCUT2D eigenvalue weighted by atomic mass is 16.3. The van der Waals surface area contributed by atoms with Crippen LogP contribution in [0.15, 0.2) is 40.8 Å². The Labute approximate surface area is 124 Å². The van der Waals surface area contributed by atoms with Crippen LogP contribution >= 0.6 is 0 Å². The Morgan fingerprint density at radius 2 is 2.14 bits per heavy atom. The third-order valence-corrected chi connectivity index (χ3v) is 3.59. The van der Waals surface area contributed by atoms with Gasteiger partial charge in [0.15, 0.2) is 5.76 Å². The number of benzene rings is 1. The van der Waals surface area contributed by atoms with Gasteiger partial charge in [0.25, 0.3) is 5.91 Å². The van der Waals surface area contributed by atoms with Crippen LogP contribution in [0.3, 0.4) is 0 Å². The maximum absolute atomic E-state index is 12.1. The fourth-order valence-corrected chi connectivity index (χ4v) is 2.19. The number of carbonyl (C=O) groups is 1. The molecule has 4 nitrogen and oxygen atoms in total. The van der Waals surface area contributed by atoms with Crippen molar-refractivity contribution in [2.24, 2.45) is 0 Å². The van der Waals surface area contributed by atoms with Gasteiger partial charge in [-0.1, -0.05) is 19.1 Å². The Morgan fingerprint density at radius 1 is 1.29 bits per heavy atom. The van der Waals surface area contributed by atoms with E-state index in [9.17, 15) is 4.79 Å². The lowest BCUT2D eigenvalue weighted by molar-refractivity contribution is 0.0995. The molecule has 1 aliphatic rings. The van der Waals surface area contributed by atoms with Gasteiger partial charge in [-0.05, 0) is 42.7 Å². The Balaban J connectivity index is 1.62. The summed E-state index contributed by atoms with van der Waals surface area (Å²) >= 11 is 0. The Bertz CT molecular complexity index is 629. The smallest absolute Gasteiger partial charge is 0.291 e. The SMILES string of the molecule is CCc1ccc(C(=O)Nc2cccc(CNC3CC3)c2)o1. The van der Waals surface area contributed by atoms with Crippen molar-refractivity contribution in [2.75, 3.05) is 5.32 Å². The van der Waals surface area contributed by atoms with Crippen LogP contribution in [-0.4, -0.2) is 11.9 Å². The minimum atomic E-state index is -0.206. The van der Waals surface area contributed by atoms with E-state index in [-0.39, 0.29) is 5.91 Å². The summed E-state index contributed by atoms with van der Waals surface area (Å²) in [6.07, 6.45) is 3.33. The van der Waals surface area contributed by atoms with E-state index in [0.717, 1.165) is 24.4 Å². The number of amides is 1. The van der Waals surface area contributed by atoms with Crippen LogP contribution in [0.4, 0.5) is 5.69 Å². The first-order chi connectivity index (χ1) is 10.2. The van der Waals surface area contributed by atoms with E-state index in [2.05, 4.69) is 16.7 Å². The summed E-state index contributed by atoms with van der Waals surface area (Å²) < 4.78 is 5.46. The van der Waals surface area contributed by atoms with Gasteiger partial charge in [0.1, 0.15) is 5.76 Å². The molecular formula is C17H20N2O2. The number of nitrogens with one attached hydrogen (secondary N) is 2. The van der Waals surface area contributed by atoms with E-state index in [0.29, 0.717) is 11.8 Å². The molecule has 0 atom stereocenters. The molecule has 1 fully saturated rings. The van der Waals surface area contributed by atoms with Crippen molar-refractivity contribution in [3.8, 4) is 0 Å². The van der Waals surface area contributed by atoms with Crippen molar-refractivity contribution in [1.29, 1.82) is 0 Å². The van der Waals surface area contributed by atoms with Crippen LogP contribution in [0, 0.1) is 0 Å². The molecule has 110 valence electrons. The summed E-state index contributed by atoms with van der Waals surface area (Å²) in [5.41, 5.74) is 1.97. The van der Waals surface area contributed by atoms with E-state index in [1.807, 2.05) is 31.2 Å². The first-order valence-corrected chi connectivity index (χ1v) is 7.47. The van der Waals surface area contributed by atoms with Crippen LogP contribution < -0.4 is 10.6 Å². The summed E-state index contributed by atoms with van der Waals surface area (Å²) in [7, 11) is 0. The third-order valence-electron chi connectivity index (χ3n) is 3.59. The fraction of sp³-hybridized carbons (Fsp3) is 0.353. The maximum atomic E-state index is 12.1. The molecule has 1 amide bonds. The Hall–Kier alpha value is -2.07. The molecule has 1 saturated carbocycles. The predicted molar refractivity (Wildman–Crippen MR) is 82.3 cm³/mol. The van der Waals surface area contributed by atoms with Gasteiger partial charge >= 0.3 is 0 Å². The second kappa shape index (κ2) is 6.14. The topological polar surface area (TPSA) is 54.3 Å². The highest BCUT2D eigenvalue weighted by Crippen LogP contribution is 2.20. The van der Waals surface area contributed by atoms with Gasteiger partial charge in [-0.15, -0.1) is 0 Å². The van der Waals surface area contributed by atoms with Crippen molar-refractivity contribution in [2.45, 2.75) is 38.8 Å². The van der Waals surface area contributed by atoms with Gasteiger partial charge in [-0.3, -0.25) is 4.79 Å². The third kappa shape index (κ3) is 3.73. The number of aryl methyl sites for hydroxylation is 1. The van der Waals surface area contributed by atoms with Crippen LogP contribution in [0.5, 0.6) is 0 Å². The molecule has 1 aromatic heterocycles. The van der Waals surface area contributed by atoms with Gasteiger partial charge in [0, 0.05) is 24.7 Å². The van der Waals surface area contributed by atoms with Crippen molar-refractivity contribution >= 4 is 11.6 Å². The van der Waals surface area contributed by atoms with Crippen molar-refractivity contribution in [1.82, 2.24) is 5.32 Å². The molecule has 2 aromatic rings. The van der Waals surface area contributed by atoms with E-state index in [1.54, 1.807) is 6.07 Å². The maximum Gasteiger partial charge on any atom is 0.291 e. The largest absolute Gasteiger partial charge is 0.456 e. The molecule has 2 N–H and O–H groups in total. The molecule has 0 aliphatic heterocycles. The quantitative estimate of drug-likeness (QED) is 0.855.